The van der Waals surface area contributed by atoms with E-state index in [0.29, 0.717) is 5.92 Å². The van der Waals surface area contributed by atoms with E-state index in [-0.39, 0.29) is 11.3 Å². The number of hydrogen-bond donors (Lipinski definition) is 1. The van der Waals surface area contributed by atoms with Gasteiger partial charge in [-0.15, -0.1) is 0 Å². The molecule has 0 radical (unpaired) electrons. The molecule has 0 atom stereocenters. The quantitative estimate of drug-likeness (QED) is 0.639. The minimum atomic E-state index is -1.27. The van der Waals surface area contributed by atoms with Gasteiger partial charge in [0.25, 0.3) is 5.69 Å². The number of nitro groups is 1. The maximum Gasteiger partial charge on any atom is 0.342 e. The Morgan fingerprint density at radius 1 is 1.50 bits per heavy atom. The van der Waals surface area contributed by atoms with E-state index in [1.807, 2.05) is 6.92 Å². The molecule has 0 unspecified atom stereocenters. The highest BCUT2D eigenvalue weighted by Gasteiger charge is 2.24. The van der Waals surface area contributed by atoms with Gasteiger partial charge in [-0.1, -0.05) is 6.42 Å². The van der Waals surface area contributed by atoms with E-state index in [0.717, 1.165) is 18.8 Å². The second-order valence-electron chi connectivity index (χ2n) is 5.10. The zero-order chi connectivity index (χ0) is 14.7. The zero-order valence-electron chi connectivity index (χ0n) is 11.4. The highest BCUT2D eigenvalue weighted by Crippen LogP contribution is 2.31. The number of nitrogens with zero attached hydrogens (tertiary/aromatic N) is 2. The van der Waals surface area contributed by atoms with Gasteiger partial charge < -0.3 is 10.0 Å². The maximum absolute atomic E-state index is 11.0. The molecule has 1 aromatic rings. The first-order chi connectivity index (χ1) is 9.52. The molecule has 1 fully saturated rings. The molecule has 1 saturated carbocycles. The van der Waals surface area contributed by atoms with Crippen LogP contribution in [-0.4, -0.2) is 29.1 Å². The van der Waals surface area contributed by atoms with Gasteiger partial charge in [0.1, 0.15) is 5.56 Å². The normalized spacial score (nSPS) is 14.7. The highest BCUT2D eigenvalue weighted by molar-refractivity contribution is 5.93. The molecule has 0 bridgehead atoms. The Labute approximate surface area is 117 Å². The summed E-state index contributed by atoms with van der Waals surface area (Å²) in [7, 11) is 0. The van der Waals surface area contributed by atoms with Gasteiger partial charge in [0, 0.05) is 24.8 Å². The van der Waals surface area contributed by atoms with E-state index in [1.165, 1.54) is 31.4 Å². The van der Waals surface area contributed by atoms with Crippen molar-refractivity contribution in [2.45, 2.75) is 26.2 Å². The van der Waals surface area contributed by atoms with E-state index < -0.39 is 10.9 Å². The Morgan fingerprint density at radius 2 is 2.20 bits per heavy atom. The van der Waals surface area contributed by atoms with Gasteiger partial charge in [-0.05, 0) is 37.8 Å². The molecule has 0 amide bonds. The van der Waals surface area contributed by atoms with Crippen molar-refractivity contribution in [2.75, 3.05) is 18.0 Å². The topological polar surface area (TPSA) is 83.7 Å². The minimum Gasteiger partial charge on any atom is -0.477 e. The lowest BCUT2D eigenvalue weighted by atomic mass is 9.85. The molecule has 1 aromatic carbocycles. The third-order valence-electron chi connectivity index (χ3n) is 3.86. The molecule has 6 nitrogen and oxygen atoms in total. The van der Waals surface area contributed by atoms with Crippen LogP contribution in [0.4, 0.5) is 11.4 Å². The van der Waals surface area contributed by atoms with Crippen molar-refractivity contribution in [1.82, 2.24) is 0 Å². The summed E-state index contributed by atoms with van der Waals surface area (Å²) < 4.78 is 0. The maximum atomic E-state index is 11.0. The van der Waals surface area contributed by atoms with Gasteiger partial charge in [0.2, 0.25) is 0 Å². The van der Waals surface area contributed by atoms with Gasteiger partial charge in [-0.25, -0.2) is 4.79 Å². The molecule has 20 heavy (non-hydrogen) atoms. The molecule has 108 valence electrons. The third kappa shape index (κ3) is 2.89. The monoisotopic (exact) mass is 278 g/mol. The summed E-state index contributed by atoms with van der Waals surface area (Å²) in [4.78, 5) is 23.4. The van der Waals surface area contributed by atoms with Crippen LogP contribution in [0.15, 0.2) is 18.2 Å². The lowest BCUT2D eigenvalue weighted by Crippen LogP contribution is -2.32. The first-order valence-electron chi connectivity index (χ1n) is 6.79. The summed E-state index contributed by atoms with van der Waals surface area (Å²) in [6.07, 6.45) is 3.65. The van der Waals surface area contributed by atoms with Gasteiger partial charge in [0.15, 0.2) is 0 Å². The van der Waals surface area contributed by atoms with Crippen LogP contribution in [0.1, 0.15) is 36.5 Å². The average Bonchev–Trinajstić information content (AvgIpc) is 2.37. The second kappa shape index (κ2) is 5.90. The van der Waals surface area contributed by atoms with Crippen molar-refractivity contribution in [3.8, 4) is 0 Å². The lowest BCUT2D eigenvalue weighted by molar-refractivity contribution is -0.385. The summed E-state index contributed by atoms with van der Waals surface area (Å²) in [5.74, 6) is -0.626. The minimum absolute atomic E-state index is 0.265. The fraction of sp³-hybridized carbons (Fsp3) is 0.500. The van der Waals surface area contributed by atoms with Crippen LogP contribution in [0, 0.1) is 16.0 Å². The number of rotatable bonds is 6. The van der Waals surface area contributed by atoms with Crippen molar-refractivity contribution in [1.29, 1.82) is 0 Å². The molecular formula is C14H18N2O4. The van der Waals surface area contributed by atoms with Crippen molar-refractivity contribution in [3.05, 3.63) is 33.9 Å². The Hall–Kier alpha value is -2.11. The zero-order valence-corrected chi connectivity index (χ0v) is 11.4. The summed E-state index contributed by atoms with van der Waals surface area (Å²) >= 11 is 0. The number of carboxylic acids is 1. The van der Waals surface area contributed by atoms with Gasteiger partial charge in [-0.3, -0.25) is 10.1 Å². The fourth-order valence-electron chi connectivity index (χ4n) is 2.45. The second-order valence-corrected chi connectivity index (χ2v) is 5.10. The molecule has 0 saturated heterocycles. The fourth-order valence-corrected chi connectivity index (χ4v) is 2.45. The molecule has 1 aliphatic carbocycles. The van der Waals surface area contributed by atoms with Crippen molar-refractivity contribution >= 4 is 17.3 Å². The Bertz CT molecular complexity index is 526. The average molecular weight is 278 g/mol. The number of aromatic carboxylic acids is 1. The third-order valence-corrected chi connectivity index (χ3v) is 3.86. The van der Waals surface area contributed by atoms with Crippen LogP contribution in [0.3, 0.4) is 0 Å². The molecule has 1 aliphatic rings. The van der Waals surface area contributed by atoms with Crippen LogP contribution < -0.4 is 4.90 Å². The molecule has 2 rings (SSSR count). The molecule has 0 aliphatic heterocycles. The number of benzene rings is 1. The molecule has 0 spiro atoms. The van der Waals surface area contributed by atoms with Crippen LogP contribution in [0.5, 0.6) is 0 Å². The molecular weight excluding hydrogens is 260 g/mol. The van der Waals surface area contributed by atoms with Crippen molar-refractivity contribution in [2.24, 2.45) is 5.92 Å². The SMILES string of the molecule is CCN(CC1CCC1)c1ccc(C(=O)O)c([N+](=O)[O-])c1. The summed E-state index contributed by atoms with van der Waals surface area (Å²) in [5.41, 5.74) is 0.108. The number of nitro benzene ring substituents is 1. The number of anilines is 1. The molecule has 0 aromatic heterocycles. The Morgan fingerprint density at radius 3 is 2.65 bits per heavy atom. The van der Waals surface area contributed by atoms with Gasteiger partial charge >= 0.3 is 5.97 Å². The van der Waals surface area contributed by atoms with E-state index in [9.17, 15) is 14.9 Å². The molecule has 1 N–H and O–H groups in total. The van der Waals surface area contributed by atoms with Gasteiger partial charge in [0.05, 0.1) is 4.92 Å². The predicted molar refractivity (Wildman–Crippen MR) is 75.3 cm³/mol. The largest absolute Gasteiger partial charge is 0.477 e. The molecule has 6 heteroatoms. The summed E-state index contributed by atoms with van der Waals surface area (Å²) in [6.45, 7) is 3.62. The summed E-state index contributed by atoms with van der Waals surface area (Å²) in [5, 5.41) is 20.0. The van der Waals surface area contributed by atoms with Crippen LogP contribution >= 0.6 is 0 Å². The van der Waals surface area contributed by atoms with Crippen molar-refractivity contribution < 1.29 is 14.8 Å². The number of carbonyl (C=O) groups is 1. The lowest BCUT2D eigenvalue weighted by Gasteiger charge is -2.33. The van der Waals surface area contributed by atoms with E-state index in [4.69, 9.17) is 5.11 Å². The first kappa shape index (κ1) is 14.3. The van der Waals surface area contributed by atoms with E-state index in [1.54, 1.807) is 6.07 Å². The van der Waals surface area contributed by atoms with Crippen LogP contribution in [-0.2, 0) is 0 Å². The van der Waals surface area contributed by atoms with Crippen molar-refractivity contribution in [3.63, 3.8) is 0 Å². The van der Waals surface area contributed by atoms with Crippen LogP contribution in [0.25, 0.3) is 0 Å². The predicted octanol–water partition coefficient (Wildman–Crippen LogP) is 2.92. The number of carboxylic acid groups (broad SMARTS) is 1. The summed E-state index contributed by atoms with van der Waals surface area (Å²) in [6, 6.07) is 4.34. The smallest absolute Gasteiger partial charge is 0.342 e. The van der Waals surface area contributed by atoms with E-state index >= 15 is 0 Å². The molecule has 0 heterocycles. The van der Waals surface area contributed by atoms with E-state index in [2.05, 4.69) is 4.90 Å². The Kier molecular flexibility index (Phi) is 4.22. The number of hydrogen-bond acceptors (Lipinski definition) is 4. The standard InChI is InChI=1S/C14H18N2O4/c1-2-15(9-10-4-3-5-10)11-6-7-12(14(17)18)13(8-11)16(19)20/h6-8,10H,2-5,9H2,1H3,(H,17,18). The first-order valence-corrected chi connectivity index (χ1v) is 6.79. The van der Waals surface area contributed by atoms with Crippen LogP contribution in [0.2, 0.25) is 0 Å². The van der Waals surface area contributed by atoms with Gasteiger partial charge in [-0.2, -0.15) is 0 Å². The highest BCUT2D eigenvalue weighted by atomic mass is 16.6. The Balaban J connectivity index is 2.28.